The second-order valence-corrected chi connectivity index (χ2v) is 9.28. The van der Waals surface area contributed by atoms with Gasteiger partial charge in [-0.25, -0.2) is 13.1 Å². The van der Waals surface area contributed by atoms with Crippen LogP contribution in [0.15, 0.2) is 64.0 Å². The fourth-order valence-corrected chi connectivity index (χ4v) is 4.34. The molecule has 0 radical (unpaired) electrons. The van der Waals surface area contributed by atoms with Crippen LogP contribution in [-0.2, 0) is 19.6 Å². The summed E-state index contributed by atoms with van der Waals surface area (Å²) in [5, 5.41) is 0. The molecule has 1 heterocycles. The summed E-state index contributed by atoms with van der Waals surface area (Å²) in [6.45, 7) is 3.57. The number of morpholine rings is 1. The molecule has 2 aromatic carbocycles. The van der Waals surface area contributed by atoms with Gasteiger partial charge in [0.05, 0.1) is 18.0 Å². The van der Waals surface area contributed by atoms with Crippen LogP contribution in [0.5, 0.6) is 0 Å². The number of benzene rings is 2. The first-order valence-corrected chi connectivity index (χ1v) is 11.6. The van der Waals surface area contributed by atoms with Gasteiger partial charge in [-0.05, 0) is 41.5 Å². The maximum absolute atomic E-state index is 12.6. The van der Waals surface area contributed by atoms with Crippen molar-refractivity contribution in [2.75, 3.05) is 26.2 Å². The van der Waals surface area contributed by atoms with Crippen LogP contribution in [0.1, 0.15) is 24.2 Å². The molecule has 8 heteroatoms. The summed E-state index contributed by atoms with van der Waals surface area (Å²) >= 11 is 3.42. The molecule has 1 N–H and O–H groups in total. The molecule has 0 bridgehead atoms. The number of hydrogen-bond donors (Lipinski definition) is 1. The number of carbonyl (C=O) groups is 1. The Labute approximate surface area is 179 Å². The van der Waals surface area contributed by atoms with Crippen LogP contribution in [0.3, 0.4) is 0 Å². The average molecular weight is 479 g/mol. The molecule has 1 aliphatic heterocycles. The van der Waals surface area contributed by atoms with E-state index in [0.717, 1.165) is 15.6 Å². The van der Waals surface area contributed by atoms with Crippen LogP contribution in [0.25, 0.3) is 6.08 Å². The highest BCUT2D eigenvalue weighted by atomic mass is 79.9. The van der Waals surface area contributed by atoms with Crippen molar-refractivity contribution in [3.63, 3.8) is 0 Å². The first kappa shape index (κ1) is 21.7. The Morgan fingerprint density at radius 3 is 2.55 bits per heavy atom. The Morgan fingerprint density at radius 2 is 1.90 bits per heavy atom. The lowest BCUT2D eigenvalue weighted by molar-refractivity contribution is -0.133. The van der Waals surface area contributed by atoms with Crippen molar-refractivity contribution in [2.45, 2.75) is 17.9 Å². The van der Waals surface area contributed by atoms with E-state index >= 15 is 0 Å². The van der Waals surface area contributed by atoms with Gasteiger partial charge in [-0.2, -0.15) is 0 Å². The fourth-order valence-electron chi connectivity index (χ4n) is 3.03. The highest BCUT2D eigenvalue weighted by molar-refractivity contribution is 9.10. The molecular weight excluding hydrogens is 456 g/mol. The van der Waals surface area contributed by atoms with E-state index in [1.165, 1.54) is 18.2 Å². The molecule has 0 spiro atoms. The standard InChI is InChI=1S/C21H23BrN2O4S/c1-2-23-29(26,27)19-10-3-16(4-11-19)5-12-21(25)24-13-14-28-20(15-24)17-6-8-18(22)9-7-17/h3-12,20,23H,2,13-15H2,1H3/b12-5+. The van der Waals surface area contributed by atoms with E-state index in [0.29, 0.717) is 26.2 Å². The zero-order valence-corrected chi connectivity index (χ0v) is 18.4. The van der Waals surface area contributed by atoms with Crippen LogP contribution >= 0.6 is 15.9 Å². The molecule has 0 saturated carbocycles. The minimum atomic E-state index is -3.48. The summed E-state index contributed by atoms with van der Waals surface area (Å²) in [5.74, 6) is -0.0974. The van der Waals surface area contributed by atoms with Gasteiger partial charge in [-0.15, -0.1) is 0 Å². The maximum atomic E-state index is 12.6. The minimum absolute atomic E-state index is 0.0974. The van der Waals surface area contributed by atoms with Crippen molar-refractivity contribution in [3.8, 4) is 0 Å². The number of ether oxygens (including phenoxy) is 1. The number of nitrogens with zero attached hydrogens (tertiary/aromatic N) is 1. The molecule has 1 atom stereocenters. The van der Waals surface area contributed by atoms with Gasteiger partial charge in [0.1, 0.15) is 6.10 Å². The molecule has 29 heavy (non-hydrogen) atoms. The molecule has 0 aromatic heterocycles. The summed E-state index contributed by atoms with van der Waals surface area (Å²) in [6, 6.07) is 14.3. The molecule has 1 saturated heterocycles. The maximum Gasteiger partial charge on any atom is 0.246 e. The van der Waals surface area contributed by atoms with Gasteiger partial charge in [0.25, 0.3) is 0 Å². The molecule has 1 amide bonds. The number of carbonyl (C=O) groups excluding carboxylic acids is 1. The van der Waals surface area contributed by atoms with Crippen molar-refractivity contribution in [1.29, 1.82) is 0 Å². The lowest BCUT2D eigenvalue weighted by Gasteiger charge is -2.32. The molecule has 2 aromatic rings. The average Bonchev–Trinajstić information content (AvgIpc) is 2.73. The van der Waals surface area contributed by atoms with E-state index in [4.69, 9.17) is 4.74 Å². The minimum Gasteiger partial charge on any atom is -0.370 e. The topological polar surface area (TPSA) is 75.7 Å². The first-order valence-electron chi connectivity index (χ1n) is 9.33. The van der Waals surface area contributed by atoms with Gasteiger partial charge in [0, 0.05) is 23.6 Å². The predicted octanol–water partition coefficient (Wildman–Crippen LogP) is 3.36. The predicted molar refractivity (Wildman–Crippen MR) is 116 cm³/mol. The number of amides is 1. The Morgan fingerprint density at radius 1 is 1.21 bits per heavy atom. The van der Waals surface area contributed by atoms with E-state index < -0.39 is 10.0 Å². The molecular formula is C21H23BrN2O4S. The van der Waals surface area contributed by atoms with E-state index in [1.54, 1.807) is 30.0 Å². The monoisotopic (exact) mass is 478 g/mol. The van der Waals surface area contributed by atoms with E-state index in [2.05, 4.69) is 20.7 Å². The highest BCUT2D eigenvalue weighted by Crippen LogP contribution is 2.24. The normalized spacial score (nSPS) is 17.6. The molecule has 154 valence electrons. The van der Waals surface area contributed by atoms with Crippen molar-refractivity contribution in [3.05, 3.63) is 70.2 Å². The third kappa shape index (κ3) is 5.76. The number of halogens is 1. The number of rotatable bonds is 6. The Kier molecular flexibility index (Phi) is 7.23. The summed E-state index contributed by atoms with van der Waals surface area (Å²) in [7, 11) is -3.48. The quantitative estimate of drug-likeness (QED) is 0.645. The second-order valence-electron chi connectivity index (χ2n) is 6.60. The zero-order valence-electron chi connectivity index (χ0n) is 16.0. The number of sulfonamides is 1. The van der Waals surface area contributed by atoms with Gasteiger partial charge in [-0.1, -0.05) is 47.1 Å². The van der Waals surface area contributed by atoms with Crippen molar-refractivity contribution in [2.24, 2.45) is 0 Å². The Hall–Kier alpha value is -2.00. The van der Waals surface area contributed by atoms with Gasteiger partial charge in [0.15, 0.2) is 0 Å². The lowest BCUT2D eigenvalue weighted by Crippen LogP contribution is -2.41. The number of nitrogens with one attached hydrogen (secondary N) is 1. The molecule has 6 nitrogen and oxygen atoms in total. The molecule has 1 aliphatic rings. The van der Waals surface area contributed by atoms with Gasteiger partial charge in [0.2, 0.25) is 15.9 Å². The van der Waals surface area contributed by atoms with Crippen LogP contribution in [0, 0.1) is 0 Å². The summed E-state index contributed by atoms with van der Waals surface area (Å²) in [5.41, 5.74) is 1.79. The second kappa shape index (κ2) is 9.67. The van der Waals surface area contributed by atoms with E-state index in [1.807, 2.05) is 24.3 Å². The molecule has 1 fully saturated rings. The van der Waals surface area contributed by atoms with Crippen molar-refractivity contribution < 1.29 is 17.9 Å². The largest absolute Gasteiger partial charge is 0.370 e. The van der Waals surface area contributed by atoms with Crippen LogP contribution in [0.4, 0.5) is 0 Å². The summed E-state index contributed by atoms with van der Waals surface area (Å²) in [6.07, 6.45) is 3.05. The van der Waals surface area contributed by atoms with Crippen molar-refractivity contribution in [1.82, 2.24) is 9.62 Å². The van der Waals surface area contributed by atoms with Crippen LogP contribution < -0.4 is 4.72 Å². The Balaban J connectivity index is 1.63. The summed E-state index contributed by atoms with van der Waals surface area (Å²) in [4.78, 5) is 14.5. The zero-order chi connectivity index (χ0) is 20.9. The highest BCUT2D eigenvalue weighted by Gasteiger charge is 2.24. The molecule has 3 rings (SSSR count). The Bertz CT molecular complexity index is 973. The van der Waals surface area contributed by atoms with E-state index in [-0.39, 0.29) is 16.9 Å². The van der Waals surface area contributed by atoms with Crippen LogP contribution in [0.2, 0.25) is 0 Å². The van der Waals surface area contributed by atoms with E-state index in [9.17, 15) is 13.2 Å². The number of hydrogen-bond acceptors (Lipinski definition) is 4. The first-order chi connectivity index (χ1) is 13.9. The lowest BCUT2D eigenvalue weighted by atomic mass is 10.1. The third-order valence-electron chi connectivity index (χ3n) is 4.56. The molecule has 1 unspecified atom stereocenters. The molecule has 0 aliphatic carbocycles. The van der Waals surface area contributed by atoms with Gasteiger partial charge < -0.3 is 9.64 Å². The third-order valence-corrected chi connectivity index (χ3v) is 6.65. The summed E-state index contributed by atoms with van der Waals surface area (Å²) < 4.78 is 33.2. The van der Waals surface area contributed by atoms with Crippen molar-refractivity contribution >= 4 is 37.9 Å². The smallest absolute Gasteiger partial charge is 0.246 e. The van der Waals surface area contributed by atoms with Gasteiger partial charge >= 0.3 is 0 Å². The van der Waals surface area contributed by atoms with Gasteiger partial charge in [-0.3, -0.25) is 4.79 Å². The fraction of sp³-hybridized carbons (Fsp3) is 0.286. The SMILES string of the molecule is CCNS(=O)(=O)c1ccc(/C=C/C(=O)N2CCOC(c3ccc(Br)cc3)C2)cc1. The van der Waals surface area contributed by atoms with Crippen LogP contribution in [-0.4, -0.2) is 45.5 Å².